The summed E-state index contributed by atoms with van der Waals surface area (Å²) in [7, 11) is 0. The topological polar surface area (TPSA) is 51.7 Å². The molecule has 24 heavy (non-hydrogen) atoms. The summed E-state index contributed by atoms with van der Waals surface area (Å²) in [6, 6.07) is 7.95. The van der Waals surface area contributed by atoms with Gasteiger partial charge in [0.1, 0.15) is 6.61 Å². The Balaban J connectivity index is 1.53. The van der Waals surface area contributed by atoms with Crippen LogP contribution in [-0.2, 0) is 22.6 Å². The molecule has 0 N–H and O–H groups in total. The van der Waals surface area contributed by atoms with Crippen LogP contribution in [0.3, 0.4) is 0 Å². The first-order valence-electron chi connectivity index (χ1n) is 8.25. The van der Waals surface area contributed by atoms with E-state index in [1.54, 1.807) is 6.20 Å². The molecule has 2 aliphatic rings. The minimum atomic E-state index is -0.220. The molecule has 2 aliphatic heterocycles. The van der Waals surface area contributed by atoms with Crippen LogP contribution in [0, 0.1) is 6.92 Å². The van der Waals surface area contributed by atoms with E-state index in [1.165, 1.54) is 5.56 Å². The van der Waals surface area contributed by atoms with Gasteiger partial charge in [-0.1, -0.05) is 12.1 Å². The van der Waals surface area contributed by atoms with E-state index in [0.29, 0.717) is 18.8 Å². The Morgan fingerprint density at radius 3 is 3.08 bits per heavy atom. The molecule has 5 heteroatoms. The molecule has 1 unspecified atom stereocenters. The summed E-state index contributed by atoms with van der Waals surface area (Å²) < 4.78 is 11.2. The number of cyclic esters (lactones) is 1. The number of hydrogen-bond acceptors (Lipinski definition) is 5. The van der Waals surface area contributed by atoms with Crippen molar-refractivity contribution in [3.63, 3.8) is 0 Å². The summed E-state index contributed by atoms with van der Waals surface area (Å²) >= 11 is 0. The van der Waals surface area contributed by atoms with E-state index in [4.69, 9.17) is 9.47 Å². The highest BCUT2D eigenvalue weighted by atomic mass is 16.5. The first-order chi connectivity index (χ1) is 11.7. The van der Waals surface area contributed by atoms with E-state index < -0.39 is 0 Å². The molecular weight excluding hydrogens is 304 g/mol. The third-order valence-electron chi connectivity index (χ3n) is 4.83. The number of nitrogens with zero attached hydrogens (tertiary/aromatic N) is 2. The van der Waals surface area contributed by atoms with E-state index in [9.17, 15) is 4.79 Å². The van der Waals surface area contributed by atoms with E-state index in [-0.39, 0.29) is 12.1 Å². The third kappa shape index (κ3) is 2.81. The van der Waals surface area contributed by atoms with Crippen LogP contribution < -0.4 is 0 Å². The number of hydrogen-bond donors (Lipinski definition) is 0. The van der Waals surface area contributed by atoms with Crippen molar-refractivity contribution in [2.45, 2.75) is 26.2 Å². The molecule has 1 fully saturated rings. The second-order valence-corrected chi connectivity index (χ2v) is 6.34. The standard InChI is InChI=1S/C19H20N2O3/c1-13-15(4-5-16-17(13)12-24-19(16)22)18-11-21(7-8-23-18)10-14-3-2-6-20-9-14/h2-6,9,18H,7-8,10-12H2,1H3. The molecular formula is C19H20N2O3. The molecule has 0 amide bonds. The van der Waals surface area contributed by atoms with Gasteiger partial charge in [0.25, 0.3) is 0 Å². The second-order valence-electron chi connectivity index (χ2n) is 6.34. The van der Waals surface area contributed by atoms with Gasteiger partial charge in [-0.15, -0.1) is 0 Å². The fraction of sp³-hybridized carbons (Fsp3) is 0.368. The van der Waals surface area contributed by atoms with Gasteiger partial charge < -0.3 is 9.47 Å². The lowest BCUT2D eigenvalue weighted by Gasteiger charge is -2.34. The summed E-state index contributed by atoms with van der Waals surface area (Å²) in [5, 5.41) is 0. The van der Waals surface area contributed by atoms with Crippen LogP contribution in [0.2, 0.25) is 0 Å². The number of carbonyl (C=O) groups excluding carboxylic acids is 1. The third-order valence-corrected chi connectivity index (χ3v) is 4.83. The number of aromatic nitrogens is 1. The van der Waals surface area contributed by atoms with Crippen molar-refractivity contribution in [2.75, 3.05) is 19.7 Å². The summed E-state index contributed by atoms with van der Waals surface area (Å²) in [5.74, 6) is -0.220. The highest BCUT2D eigenvalue weighted by Gasteiger charge is 2.28. The summed E-state index contributed by atoms with van der Waals surface area (Å²) in [6.45, 7) is 5.76. The molecule has 0 aliphatic carbocycles. The molecule has 0 radical (unpaired) electrons. The molecule has 2 aromatic rings. The predicted molar refractivity (Wildman–Crippen MR) is 88.5 cm³/mol. The minimum Gasteiger partial charge on any atom is -0.457 e. The normalized spacial score (nSPS) is 20.7. The van der Waals surface area contributed by atoms with Crippen molar-refractivity contribution >= 4 is 5.97 Å². The van der Waals surface area contributed by atoms with Gasteiger partial charge in [-0.05, 0) is 35.7 Å². The molecule has 1 atom stereocenters. The largest absolute Gasteiger partial charge is 0.457 e. The number of carbonyl (C=O) groups is 1. The van der Waals surface area contributed by atoms with Crippen LogP contribution in [0.15, 0.2) is 36.7 Å². The maximum Gasteiger partial charge on any atom is 0.338 e. The van der Waals surface area contributed by atoms with Crippen molar-refractivity contribution in [1.29, 1.82) is 0 Å². The SMILES string of the molecule is Cc1c(C2CN(Cc3cccnc3)CCO2)ccc2c1COC2=O. The van der Waals surface area contributed by atoms with E-state index in [1.807, 2.05) is 24.4 Å². The van der Waals surface area contributed by atoms with E-state index >= 15 is 0 Å². The number of pyridine rings is 1. The van der Waals surface area contributed by atoms with E-state index in [0.717, 1.165) is 36.3 Å². The fourth-order valence-electron chi connectivity index (χ4n) is 3.50. The minimum absolute atomic E-state index is 0.0245. The maximum atomic E-state index is 11.7. The van der Waals surface area contributed by atoms with Gasteiger partial charge in [0.15, 0.2) is 0 Å². The van der Waals surface area contributed by atoms with Crippen molar-refractivity contribution in [3.8, 4) is 0 Å². The fourth-order valence-corrected chi connectivity index (χ4v) is 3.50. The summed E-state index contributed by atoms with van der Waals surface area (Å²) in [6.07, 6.45) is 3.73. The number of morpholine rings is 1. The molecule has 0 bridgehead atoms. The molecule has 1 aromatic carbocycles. The molecule has 4 rings (SSSR count). The predicted octanol–water partition coefficient (Wildman–Crippen LogP) is 2.63. The first-order valence-corrected chi connectivity index (χ1v) is 8.25. The molecule has 3 heterocycles. The van der Waals surface area contributed by atoms with Crippen LogP contribution in [0.5, 0.6) is 0 Å². The van der Waals surface area contributed by atoms with Crippen molar-refractivity contribution in [1.82, 2.24) is 9.88 Å². The molecule has 1 aromatic heterocycles. The van der Waals surface area contributed by atoms with Gasteiger partial charge in [-0.25, -0.2) is 4.79 Å². The summed E-state index contributed by atoms with van der Waals surface area (Å²) in [4.78, 5) is 18.3. The molecule has 124 valence electrons. The Morgan fingerprint density at radius 2 is 2.25 bits per heavy atom. The van der Waals surface area contributed by atoms with Crippen LogP contribution in [0.1, 0.15) is 38.7 Å². The van der Waals surface area contributed by atoms with Crippen LogP contribution in [0.25, 0.3) is 0 Å². The van der Waals surface area contributed by atoms with Crippen LogP contribution in [-0.4, -0.2) is 35.5 Å². The lowest BCUT2D eigenvalue weighted by Crippen LogP contribution is -2.38. The zero-order valence-electron chi connectivity index (χ0n) is 13.7. The highest BCUT2D eigenvalue weighted by molar-refractivity contribution is 5.93. The smallest absolute Gasteiger partial charge is 0.338 e. The van der Waals surface area contributed by atoms with Crippen LogP contribution >= 0.6 is 0 Å². The zero-order valence-corrected chi connectivity index (χ0v) is 13.7. The Kier molecular flexibility index (Phi) is 4.04. The van der Waals surface area contributed by atoms with Crippen molar-refractivity contribution in [3.05, 3.63) is 64.5 Å². The molecule has 1 saturated heterocycles. The number of rotatable bonds is 3. The number of fused-ring (bicyclic) bond motifs is 1. The lowest BCUT2D eigenvalue weighted by atomic mass is 9.94. The van der Waals surface area contributed by atoms with Gasteiger partial charge in [-0.2, -0.15) is 0 Å². The number of ether oxygens (including phenoxy) is 2. The van der Waals surface area contributed by atoms with Gasteiger partial charge in [-0.3, -0.25) is 9.88 Å². The Morgan fingerprint density at radius 1 is 1.33 bits per heavy atom. The Bertz CT molecular complexity index is 761. The second kappa shape index (κ2) is 6.34. The number of benzene rings is 1. The molecule has 5 nitrogen and oxygen atoms in total. The number of esters is 1. The Labute approximate surface area is 141 Å². The van der Waals surface area contributed by atoms with E-state index in [2.05, 4.69) is 22.9 Å². The monoisotopic (exact) mass is 324 g/mol. The van der Waals surface area contributed by atoms with Gasteiger partial charge in [0, 0.05) is 37.6 Å². The maximum absolute atomic E-state index is 11.7. The van der Waals surface area contributed by atoms with Gasteiger partial charge in [0.05, 0.1) is 18.3 Å². The first kappa shape index (κ1) is 15.3. The molecule has 0 spiro atoms. The van der Waals surface area contributed by atoms with Gasteiger partial charge in [0.2, 0.25) is 0 Å². The van der Waals surface area contributed by atoms with Crippen LogP contribution in [0.4, 0.5) is 0 Å². The Hall–Kier alpha value is -2.24. The average molecular weight is 324 g/mol. The highest BCUT2D eigenvalue weighted by Crippen LogP contribution is 2.32. The zero-order chi connectivity index (χ0) is 16.5. The van der Waals surface area contributed by atoms with Crippen molar-refractivity contribution < 1.29 is 14.3 Å². The molecule has 0 saturated carbocycles. The van der Waals surface area contributed by atoms with Gasteiger partial charge >= 0.3 is 5.97 Å². The van der Waals surface area contributed by atoms with Crippen molar-refractivity contribution in [2.24, 2.45) is 0 Å². The quantitative estimate of drug-likeness (QED) is 0.813. The lowest BCUT2D eigenvalue weighted by molar-refractivity contribution is -0.0332. The summed E-state index contributed by atoms with van der Waals surface area (Å²) in [5.41, 5.74) is 5.18. The average Bonchev–Trinajstić information content (AvgIpc) is 2.99.